The van der Waals surface area contributed by atoms with Crippen molar-refractivity contribution >= 4 is 28.5 Å². The Labute approximate surface area is 157 Å². The molecule has 27 heavy (non-hydrogen) atoms. The molecule has 0 saturated carbocycles. The van der Waals surface area contributed by atoms with E-state index in [-0.39, 0.29) is 11.8 Å². The van der Waals surface area contributed by atoms with Crippen LogP contribution in [-0.4, -0.2) is 38.0 Å². The fourth-order valence-electron chi connectivity index (χ4n) is 3.43. The molecule has 0 aliphatic carbocycles. The molecule has 3 aromatic rings. The zero-order chi connectivity index (χ0) is 19.0. The van der Waals surface area contributed by atoms with Gasteiger partial charge in [0, 0.05) is 37.5 Å². The predicted molar refractivity (Wildman–Crippen MR) is 102 cm³/mol. The number of carbonyl (C=O) groups is 2. The summed E-state index contributed by atoms with van der Waals surface area (Å²) >= 11 is 0. The highest BCUT2D eigenvalue weighted by atomic mass is 16.2. The average Bonchev–Trinajstić information content (AvgIpc) is 3.18. The highest BCUT2D eigenvalue weighted by molar-refractivity contribution is 6.04. The van der Waals surface area contributed by atoms with Gasteiger partial charge in [-0.2, -0.15) is 5.10 Å². The van der Waals surface area contributed by atoms with E-state index in [0.717, 1.165) is 35.3 Å². The Morgan fingerprint density at radius 1 is 1.26 bits per heavy atom. The molecule has 0 bridgehead atoms. The van der Waals surface area contributed by atoms with Crippen LogP contribution in [-0.2, 0) is 18.4 Å². The average molecular weight is 363 g/mol. The van der Waals surface area contributed by atoms with E-state index in [4.69, 9.17) is 0 Å². The number of nitrogens with zero attached hydrogens (tertiary/aromatic N) is 4. The van der Waals surface area contributed by atoms with Gasteiger partial charge in [-0.15, -0.1) is 0 Å². The third-order valence-corrected chi connectivity index (χ3v) is 4.88. The number of rotatable bonds is 4. The molecule has 4 rings (SSSR count). The summed E-state index contributed by atoms with van der Waals surface area (Å²) in [6.45, 7) is 3.32. The number of anilines is 1. The van der Waals surface area contributed by atoms with Crippen LogP contribution in [0.3, 0.4) is 0 Å². The van der Waals surface area contributed by atoms with Crippen molar-refractivity contribution in [1.82, 2.24) is 19.7 Å². The van der Waals surface area contributed by atoms with E-state index in [9.17, 15) is 9.59 Å². The van der Waals surface area contributed by atoms with Crippen molar-refractivity contribution in [2.24, 2.45) is 7.05 Å². The van der Waals surface area contributed by atoms with Crippen LogP contribution in [0.25, 0.3) is 11.0 Å². The number of likely N-dealkylation sites (tertiary alicyclic amines) is 1. The van der Waals surface area contributed by atoms with Gasteiger partial charge in [0.25, 0.3) is 5.91 Å². The number of carbonyl (C=O) groups excluding carboxylic acids is 2. The summed E-state index contributed by atoms with van der Waals surface area (Å²) in [6.07, 6.45) is 3.19. The molecule has 3 heterocycles. The van der Waals surface area contributed by atoms with Crippen LogP contribution in [0.4, 0.5) is 5.69 Å². The third kappa shape index (κ3) is 3.40. The Morgan fingerprint density at radius 2 is 2.04 bits per heavy atom. The van der Waals surface area contributed by atoms with Gasteiger partial charge in [-0.05, 0) is 37.1 Å². The lowest BCUT2D eigenvalue weighted by Crippen LogP contribution is -2.23. The molecule has 7 heteroatoms. The summed E-state index contributed by atoms with van der Waals surface area (Å²) in [6, 6.07) is 9.25. The second-order valence-electron chi connectivity index (χ2n) is 6.87. The quantitative estimate of drug-likeness (QED) is 0.773. The normalized spacial score (nSPS) is 14.1. The van der Waals surface area contributed by atoms with Crippen molar-refractivity contribution in [3.8, 4) is 0 Å². The zero-order valence-electron chi connectivity index (χ0n) is 15.4. The molecule has 1 saturated heterocycles. The maximum Gasteiger partial charge on any atom is 0.255 e. The summed E-state index contributed by atoms with van der Waals surface area (Å²) in [7, 11) is 1.85. The first kappa shape index (κ1) is 17.2. The smallest absolute Gasteiger partial charge is 0.255 e. The molecule has 1 aliphatic rings. The minimum atomic E-state index is -0.193. The van der Waals surface area contributed by atoms with Crippen LogP contribution in [0.15, 0.2) is 36.5 Å². The highest BCUT2D eigenvalue weighted by Gasteiger charge is 2.20. The molecule has 0 spiro atoms. The topological polar surface area (TPSA) is 80.1 Å². The molecular formula is C20H21N5O2. The van der Waals surface area contributed by atoms with Gasteiger partial charge in [0.2, 0.25) is 5.91 Å². The fraction of sp³-hybridized carbons (Fsp3) is 0.300. The molecule has 0 atom stereocenters. The van der Waals surface area contributed by atoms with Crippen LogP contribution < -0.4 is 5.32 Å². The zero-order valence-corrected chi connectivity index (χ0v) is 15.4. The summed E-state index contributed by atoms with van der Waals surface area (Å²) in [5, 5.41) is 8.14. The van der Waals surface area contributed by atoms with Gasteiger partial charge in [0.1, 0.15) is 0 Å². The van der Waals surface area contributed by atoms with Gasteiger partial charge in [0.15, 0.2) is 5.65 Å². The number of nitrogens with one attached hydrogen (secondary N) is 1. The van der Waals surface area contributed by atoms with Crippen LogP contribution in [0, 0.1) is 6.92 Å². The van der Waals surface area contributed by atoms with Crippen molar-refractivity contribution in [2.75, 3.05) is 11.9 Å². The van der Waals surface area contributed by atoms with Crippen molar-refractivity contribution in [3.05, 3.63) is 53.3 Å². The minimum Gasteiger partial charge on any atom is -0.338 e. The van der Waals surface area contributed by atoms with E-state index in [2.05, 4.69) is 15.4 Å². The van der Waals surface area contributed by atoms with Crippen molar-refractivity contribution in [2.45, 2.75) is 26.3 Å². The number of hydrogen-bond donors (Lipinski definition) is 1. The molecule has 1 fully saturated rings. The van der Waals surface area contributed by atoms with E-state index in [1.54, 1.807) is 23.0 Å². The number of amides is 2. The standard InChI is InChI=1S/C20H21N5O2/c1-13-17-10-16(11-21-19(17)24(2)23-13)22-20(27)15-7-5-14(6-8-15)12-25-9-3-4-18(25)26/h5-8,10-11H,3-4,9,12H2,1-2H3,(H,22,27). The Hall–Kier alpha value is -3.22. The van der Waals surface area contributed by atoms with E-state index in [1.807, 2.05) is 37.1 Å². The van der Waals surface area contributed by atoms with Crippen molar-refractivity contribution in [1.29, 1.82) is 0 Å². The second-order valence-corrected chi connectivity index (χ2v) is 6.87. The first-order valence-electron chi connectivity index (χ1n) is 8.99. The van der Waals surface area contributed by atoms with Crippen molar-refractivity contribution in [3.63, 3.8) is 0 Å². The van der Waals surface area contributed by atoms with Gasteiger partial charge < -0.3 is 10.2 Å². The highest BCUT2D eigenvalue weighted by Crippen LogP contribution is 2.20. The molecule has 1 aliphatic heterocycles. The number of aromatic nitrogens is 3. The summed E-state index contributed by atoms with van der Waals surface area (Å²) in [4.78, 5) is 30.5. The van der Waals surface area contributed by atoms with Gasteiger partial charge in [0.05, 0.1) is 17.6 Å². The molecule has 1 aromatic carbocycles. The molecule has 2 aromatic heterocycles. The Kier molecular flexibility index (Phi) is 4.35. The summed E-state index contributed by atoms with van der Waals surface area (Å²) in [5.41, 5.74) is 3.88. The van der Waals surface area contributed by atoms with E-state index < -0.39 is 0 Å². The number of hydrogen-bond acceptors (Lipinski definition) is 4. The number of pyridine rings is 1. The fourth-order valence-corrected chi connectivity index (χ4v) is 3.43. The van der Waals surface area contributed by atoms with Gasteiger partial charge in [-0.25, -0.2) is 4.98 Å². The molecule has 2 amide bonds. The first-order valence-corrected chi connectivity index (χ1v) is 8.99. The number of fused-ring (bicyclic) bond motifs is 1. The predicted octanol–water partition coefficient (Wildman–Crippen LogP) is 2.65. The molecule has 7 nitrogen and oxygen atoms in total. The molecule has 0 radical (unpaired) electrons. The van der Waals surface area contributed by atoms with Gasteiger partial charge in [-0.3, -0.25) is 14.3 Å². The lowest BCUT2D eigenvalue weighted by atomic mass is 10.1. The van der Waals surface area contributed by atoms with Crippen LogP contribution in [0.1, 0.15) is 34.5 Å². The summed E-state index contributed by atoms with van der Waals surface area (Å²) < 4.78 is 1.72. The molecule has 1 N–H and O–H groups in total. The van der Waals surface area contributed by atoms with Crippen LogP contribution >= 0.6 is 0 Å². The lowest BCUT2D eigenvalue weighted by molar-refractivity contribution is -0.128. The summed E-state index contributed by atoms with van der Waals surface area (Å²) in [5.74, 6) is 0.00639. The number of benzene rings is 1. The third-order valence-electron chi connectivity index (χ3n) is 4.88. The Bertz CT molecular complexity index is 1020. The van der Waals surface area contributed by atoms with Crippen LogP contribution in [0.5, 0.6) is 0 Å². The lowest BCUT2D eigenvalue weighted by Gasteiger charge is -2.15. The van der Waals surface area contributed by atoms with Crippen molar-refractivity contribution < 1.29 is 9.59 Å². The van der Waals surface area contributed by atoms with E-state index in [0.29, 0.717) is 24.2 Å². The maximum absolute atomic E-state index is 12.5. The molecule has 138 valence electrons. The van der Waals surface area contributed by atoms with E-state index in [1.165, 1.54) is 0 Å². The first-order chi connectivity index (χ1) is 13.0. The van der Waals surface area contributed by atoms with Gasteiger partial charge in [-0.1, -0.05) is 12.1 Å². The van der Waals surface area contributed by atoms with Gasteiger partial charge >= 0.3 is 0 Å². The Balaban J connectivity index is 1.46. The number of aryl methyl sites for hydroxylation is 2. The minimum absolute atomic E-state index is 0.193. The van der Waals surface area contributed by atoms with E-state index >= 15 is 0 Å². The van der Waals surface area contributed by atoms with Crippen LogP contribution in [0.2, 0.25) is 0 Å². The second kappa shape index (κ2) is 6.83. The molecule has 0 unspecified atom stereocenters. The SMILES string of the molecule is Cc1nn(C)c2ncc(NC(=O)c3ccc(CN4CCCC4=O)cc3)cc12. The molecular weight excluding hydrogens is 342 g/mol. The Morgan fingerprint density at radius 3 is 2.74 bits per heavy atom. The largest absolute Gasteiger partial charge is 0.338 e. The maximum atomic E-state index is 12.5. The monoisotopic (exact) mass is 363 g/mol.